The standard InChI is InChI=1S/C7H15N3O2/c1-5-2-8-7(10-5)9-3-6(12)4-11/h5-6,11-12H,2-4H2,1H3,(H2,8,9,10). The van der Waals surface area contributed by atoms with Crippen LogP contribution < -0.4 is 10.6 Å². The van der Waals surface area contributed by atoms with Gasteiger partial charge in [0.15, 0.2) is 5.96 Å². The Morgan fingerprint density at radius 2 is 2.58 bits per heavy atom. The molecule has 0 aromatic rings. The fourth-order valence-electron chi connectivity index (χ4n) is 0.939. The first-order valence-electron chi connectivity index (χ1n) is 4.06. The van der Waals surface area contributed by atoms with E-state index >= 15 is 0 Å². The quantitative estimate of drug-likeness (QED) is 0.409. The minimum atomic E-state index is -0.717. The third kappa shape index (κ3) is 2.67. The highest BCUT2D eigenvalue weighted by Crippen LogP contribution is 1.91. The molecule has 1 aliphatic heterocycles. The SMILES string of the molecule is CC1CN=C(NCC(O)CO)N1. The van der Waals surface area contributed by atoms with Crippen molar-refractivity contribution in [3.8, 4) is 0 Å². The van der Waals surface area contributed by atoms with Crippen LogP contribution in [0.25, 0.3) is 0 Å². The molecule has 2 atom stereocenters. The number of hydrogen-bond donors (Lipinski definition) is 4. The van der Waals surface area contributed by atoms with E-state index in [-0.39, 0.29) is 6.61 Å². The molecule has 1 aliphatic rings. The summed E-state index contributed by atoms with van der Waals surface area (Å²) in [6.45, 7) is 2.89. The number of hydrogen-bond acceptors (Lipinski definition) is 5. The van der Waals surface area contributed by atoms with Gasteiger partial charge in [0.25, 0.3) is 0 Å². The lowest BCUT2D eigenvalue weighted by Crippen LogP contribution is -2.41. The molecule has 1 heterocycles. The number of aliphatic hydroxyl groups excluding tert-OH is 2. The Balaban J connectivity index is 2.16. The highest BCUT2D eigenvalue weighted by atomic mass is 16.3. The Bertz CT molecular complexity index is 172. The van der Waals surface area contributed by atoms with Gasteiger partial charge in [0.1, 0.15) is 0 Å². The summed E-state index contributed by atoms with van der Waals surface area (Å²) in [4.78, 5) is 4.12. The second kappa shape index (κ2) is 4.27. The van der Waals surface area contributed by atoms with Crippen molar-refractivity contribution in [3.05, 3.63) is 0 Å². The summed E-state index contributed by atoms with van der Waals surface area (Å²) >= 11 is 0. The molecule has 0 fully saturated rings. The minimum absolute atomic E-state index is 0.226. The number of rotatable bonds is 3. The van der Waals surface area contributed by atoms with Crippen LogP contribution in [0, 0.1) is 0 Å². The van der Waals surface area contributed by atoms with Crippen LogP contribution in [0.4, 0.5) is 0 Å². The van der Waals surface area contributed by atoms with E-state index in [1.807, 2.05) is 6.92 Å². The predicted octanol–water partition coefficient (Wildman–Crippen LogP) is -1.72. The van der Waals surface area contributed by atoms with E-state index in [1.165, 1.54) is 0 Å². The van der Waals surface area contributed by atoms with E-state index in [2.05, 4.69) is 15.6 Å². The minimum Gasteiger partial charge on any atom is -0.394 e. The maximum Gasteiger partial charge on any atom is 0.191 e. The third-order valence-corrected chi connectivity index (χ3v) is 1.62. The summed E-state index contributed by atoms with van der Waals surface area (Å²) < 4.78 is 0. The Hall–Kier alpha value is -0.810. The smallest absolute Gasteiger partial charge is 0.191 e. The van der Waals surface area contributed by atoms with Gasteiger partial charge in [-0.15, -0.1) is 0 Å². The molecule has 4 N–H and O–H groups in total. The molecule has 2 unspecified atom stereocenters. The van der Waals surface area contributed by atoms with Crippen LogP contribution in [0.5, 0.6) is 0 Å². The molecular weight excluding hydrogens is 158 g/mol. The van der Waals surface area contributed by atoms with Crippen molar-refractivity contribution in [1.29, 1.82) is 0 Å². The van der Waals surface area contributed by atoms with Gasteiger partial charge in [-0.25, -0.2) is 0 Å². The van der Waals surface area contributed by atoms with Gasteiger partial charge in [-0.1, -0.05) is 0 Å². The lowest BCUT2D eigenvalue weighted by atomic mass is 10.4. The molecule has 0 aromatic heterocycles. The maximum absolute atomic E-state index is 8.99. The lowest BCUT2D eigenvalue weighted by molar-refractivity contribution is 0.0981. The van der Waals surface area contributed by atoms with Crippen LogP contribution in [-0.2, 0) is 0 Å². The van der Waals surface area contributed by atoms with Crippen molar-refractivity contribution in [2.45, 2.75) is 19.1 Å². The van der Waals surface area contributed by atoms with Crippen LogP contribution in [0.2, 0.25) is 0 Å². The van der Waals surface area contributed by atoms with Crippen LogP contribution in [-0.4, -0.2) is 48.0 Å². The largest absolute Gasteiger partial charge is 0.394 e. The summed E-state index contributed by atoms with van der Waals surface area (Å²) in [6, 6.07) is 0.360. The first-order valence-corrected chi connectivity index (χ1v) is 4.06. The van der Waals surface area contributed by atoms with Crippen molar-refractivity contribution in [1.82, 2.24) is 10.6 Å². The van der Waals surface area contributed by atoms with Crippen molar-refractivity contribution >= 4 is 5.96 Å². The van der Waals surface area contributed by atoms with E-state index in [0.29, 0.717) is 18.5 Å². The Labute approximate surface area is 71.5 Å². The molecule has 0 aliphatic carbocycles. The molecule has 0 saturated carbocycles. The maximum atomic E-state index is 8.99. The summed E-state index contributed by atoms with van der Waals surface area (Å²) in [5, 5.41) is 23.5. The van der Waals surface area contributed by atoms with Crippen molar-refractivity contribution in [2.24, 2.45) is 4.99 Å². The third-order valence-electron chi connectivity index (χ3n) is 1.62. The average Bonchev–Trinajstić information content (AvgIpc) is 2.47. The summed E-state index contributed by atoms with van der Waals surface area (Å²) in [6.07, 6.45) is -0.717. The first-order chi connectivity index (χ1) is 5.72. The second-order valence-electron chi connectivity index (χ2n) is 2.95. The first kappa shape index (κ1) is 9.28. The van der Waals surface area contributed by atoms with E-state index in [9.17, 15) is 0 Å². The normalized spacial score (nSPS) is 24.6. The van der Waals surface area contributed by atoms with Crippen LogP contribution >= 0.6 is 0 Å². The Morgan fingerprint density at radius 3 is 3.08 bits per heavy atom. The zero-order chi connectivity index (χ0) is 8.97. The summed E-state index contributed by atoms with van der Waals surface area (Å²) in [5.41, 5.74) is 0. The number of aliphatic imine (C=N–C) groups is 1. The zero-order valence-corrected chi connectivity index (χ0v) is 7.12. The lowest BCUT2D eigenvalue weighted by Gasteiger charge is -2.11. The van der Waals surface area contributed by atoms with E-state index in [1.54, 1.807) is 0 Å². The molecule has 0 amide bonds. The second-order valence-corrected chi connectivity index (χ2v) is 2.95. The van der Waals surface area contributed by atoms with Crippen molar-refractivity contribution < 1.29 is 10.2 Å². The zero-order valence-electron chi connectivity index (χ0n) is 7.12. The van der Waals surface area contributed by atoms with Gasteiger partial charge in [-0.2, -0.15) is 0 Å². The highest BCUT2D eigenvalue weighted by molar-refractivity contribution is 5.81. The van der Waals surface area contributed by atoms with E-state index in [4.69, 9.17) is 10.2 Å². The van der Waals surface area contributed by atoms with Gasteiger partial charge in [-0.3, -0.25) is 4.99 Å². The molecule has 12 heavy (non-hydrogen) atoms. The van der Waals surface area contributed by atoms with Crippen LogP contribution in [0.15, 0.2) is 4.99 Å². The van der Waals surface area contributed by atoms with Gasteiger partial charge < -0.3 is 20.8 Å². The molecular formula is C7H15N3O2. The Kier molecular flexibility index (Phi) is 3.31. The van der Waals surface area contributed by atoms with Gasteiger partial charge >= 0.3 is 0 Å². The number of nitrogens with one attached hydrogen (secondary N) is 2. The molecule has 1 rings (SSSR count). The summed E-state index contributed by atoms with van der Waals surface area (Å²) in [5.74, 6) is 0.704. The Morgan fingerprint density at radius 1 is 1.83 bits per heavy atom. The fourth-order valence-corrected chi connectivity index (χ4v) is 0.939. The molecule has 0 radical (unpaired) electrons. The topological polar surface area (TPSA) is 76.9 Å². The van der Waals surface area contributed by atoms with Crippen molar-refractivity contribution in [3.63, 3.8) is 0 Å². The molecule has 70 valence electrons. The molecule has 0 aromatic carbocycles. The molecule has 5 nitrogen and oxygen atoms in total. The van der Waals surface area contributed by atoms with Gasteiger partial charge in [0.05, 0.1) is 19.3 Å². The molecule has 0 bridgehead atoms. The van der Waals surface area contributed by atoms with Gasteiger partial charge in [0, 0.05) is 12.6 Å². The fraction of sp³-hybridized carbons (Fsp3) is 0.857. The number of guanidine groups is 1. The number of nitrogens with zero attached hydrogens (tertiary/aromatic N) is 1. The van der Waals surface area contributed by atoms with Gasteiger partial charge in [0.2, 0.25) is 0 Å². The molecule has 0 saturated heterocycles. The highest BCUT2D eigenvalue weighted by Gasteiger charge is 2.12. The van der Waals surface area contributed by atoms with E-state index < -0.39 is 6.10 Å². The molecule has 0 spiro atoms. The van der Waals surface area contributed by atoms with Crippen molar-refractivity contribution in [2.75, 3.05) is 19.7 Å². The summed E-state index contributed by atoms with van der Waals surface area (Å²) in [7, 11) is 0. The number of aliphatic hydroxyl groups is 2. The molecule has 5 heteroatoms. The van der Waals surface area contributed by atoms with Gasteiger partial charge in [-0.05, 0) is 6.92 Å². The predicted molar refractivity (Wildman–Crippen MR) is 46.0 cm³/mol. The monoisotopic (exact) mass is 173 g/mol. The van der Waals surface area contributed by atoms with E-state index in [0.717, 1.165) is 6.54 Å². The van der Waals surface area contributed by atoms with Crippen LogP contribution in [0.3, 0.4) is 0 Å². The average molecular weight is 173 g/mol. The van der Waals surface area contributed by atoms with Crippen LogP contribution in [0.1, 0.15) is 6.92 Å².